The van der Waals surface area contributed by atoms with E-state index in [-0.39, 0.29) is 0 Å². The molecule has 0 atom stereocenters. The Hall–Kier alpha value is -2.36. The van der Waals surface area contributed by atoms with Crippen LogP contribution < -0.4 is 5.73 Å². The molecule has 0 saturated carbocycles. The summed E-state index contributed by atoms with van der Waals surface area (Å²) in [6.07, 6.45) is 3.55. The second-order valence-electron chi connectivity index (χ2n) is 3.29. The highest BCUT2D eigenvalue weighted by molar-refractivity contribution is 5.93. The Morgan fingerprint density at radius 1 is 1.25 bits per heavy atom. The molecule has 1 aromatic heterocycles. The van der Waals surface area contributed by atoms with Crippen molar-refractivity contribution in [3.63, 3.8) is 0 Å². The fourth-order valence-electron chi connectivity index (χ4n) is 1.28. The van der Waals surface area contributed by atoms with Crippen molar-refractivity contribution in [1.82, 2.24) is 4.98 Å². The zero-order valence-corrected chi connectivity index (χ0v) is 8.55. The van der Waals surface area contributed by atoms with Crippen LogP contribution >= 0.6 is 0 Å². The van der Waals surface area contributed by atoms with Gasteiger partial charge in [0.05, 0.1) is 17.6 Å². The normalized spacial score (nSPS) is 10.8. The molecule has 0 aliphatic heterocycles. The lowest BCUT2D eigenvalue weighted by Gasteiger charge is -1.95. The number of carbonyl (C=O) groups is 1. The predicted molar refractivity (Wildman–Crippen MR) is 63.0 cm³/mol. The number of nitrogens with one attached hydrogen (secondary N) is 1. The standard InChI is InChI=1S/C12H11N3O/c13-12(16)9-3-5-10(6-4-9)15-8-11-2-1-7-14-11/h1-8,14H,(H2,13,16). The number of hydrogen-bond donors (Lipinski definition) is 2. The van der Waals surface area contributed by atoms with Crippen LogP contribution in [0.25, 0.3) is 0 Å². The Balaban J connectivity index is 2.14. The number of nitrogens with zero attached hydrogens (tertiary/aromatic N) is 1. The second kappa shape index (κ2) is 4.44. The number of rotatable bonds is 3. The zero-order valence-electron chi connectivity index (χ0n) is 8.55. The molecular formula is C12H11N3O. The van der Waals surface area contributed by atoms with Crippen molar-refractivity contribution in [2.45, 2.75) is 0 Å². The molecule has 0 radical (unpaired) electrons. The third kappa shape index (κ3) is 2.36. The molecule has 0 aliphatic carbocycles. The molecule has 0 spiro atoms. The first-order chi connectivity index (χ1) is 7.75. The molecule has 1 heterocycles. The molecule has 80 valence electrons. The largest absolute Gasteiger partial charge is 0.366 e. The number of aromatic amines is 1. The highest BCUT2D eigenvalue weighted by atomic mass is 16.1. The van der Waals surface area contributed by atoms with E-state index in [1.165, 1.54) is 0 Å². The second-order valence-corrected chi connectivity index (χ2v) is 3.29. The number of primary amides is 1. The Morgan fingerprint density at radius 2 is 2.00 bits per heavy atom. The van der Waals surface area contributed by atoms with Crippen LogP contribution in [0.15, 0.2) is 47.6 Å². The van der Waals surface area contributed by atoms with Gasteiger partial charge in [0.25, 0.3) is 0 Å². The monoisotopic (exact) mass is 213 g/mol. The highest BCUT2D eigenvalue weighted by Crippen LogP contribution is 2.12. The SMILES string of the molecule is NC(=O)c1ccc(N=Cc2ccc[nH]2)cc1. The minimum Gasteiger partial charge on any atom is -0.366 e. The number of nitrogens with two attached hydrogens (primary N) is 1. The minimum atomic E-state index is -0.431. The Labute approximate surface area is 92.8 Å². The Bertz CT molecular complexity index is 498. The van der Waals surface area contributed by atoms with Crippen molar-refractivity contribution in [2.24, 2.45) is 10.7 Å². The van der Waals surface area contributed by atoms with Gasteiger partial charge in [0.15, 0.2) is 0 Å². The van der Waals surface area contributed by atoms with Crippen LogP contribution in [0.4, 0.5) is 5.69 Å². The van der Waals surface area contributed by atoms with E-state index in [4.69, 9.17) is 5.73 Å². The van der Waals surface area contributed by atoms with Gasteiger partial charge in [-0.25, -0.2) is 0 Å². The number of hydrogen-bond acceptors (Lipinski definition) is 2. The summed E-state index contributed by atoms with van der Waals surface area (Å²) >= 11 is 0. The maximum Gasteiger partial charge on any atom is 0.248 e. The van der Waals surface area contributed by atoms with Crippen molar-refractivity contribution in [1.29, 1.82) is 0 Å². The van der Waals surface area contributed by atoms with Crippen molar-refractivity contribution < 1.29 is 4.79 Å². The van der Waals surface area contributed by atoms with Crippen molar-refractivity contribution in [3.05, 3.63) is 53.9 Å². The van der Waals surface area contributed by atoms with Crippen LogP contribution in [-0.4, -0.2) is 17.1 Å². The highest BCUT2D eigenvalue weighted by Gasteiger charge is 1.98. The van der Waals surface area contributed by atoms with E-state index < -0.39 is 5.91 Å². The van der Waals surface area contributed by atoms with Crippen LogP contribution in [0.5, 0.6) is 0 Å². The molecule has 3 N–H and O–H groups in total. The van der Waals surface area contributed by atoms with Crippen LogP contribution in [0, 0.1) is 0 Å². The molecule has 4 nitrogen and oxygen atoms in total. The van der Waals surface area contributed by atoms with Gasteiger partial charge in [-0.15, -0.1) is 0 Å². The van der Waals surface area contributed by atoms with Crippen LogP contribution in [0.1, 0.15) is 16.1 Å². The van der Waals surface area contributed by atoms with Crippen LogP contribution in [0.2, 0.25) is 0 Å². The summed E-state index contributed by atoms with van der Waals surface area (Å²) in [4.78, 5) is 18.1. The zero-order chi connectivity index (χ0) is 11.4. The van der Waals surface area contributed by atoms with E-state index in [9.17, 15) is 4.79 Å². The van der Waals surface area contributed by atoms with Gasteiger partial charge in [0.2, 0.25) is 5.91 Å². The van der Waals surface area contributed by atoms with Crippen LogP contribution in [0.3, 0.4) is 0 Å². The van der Waals surface area contributed by atoms with Gasteiger partial charge < -0.3 is 10.7 Å². The number of aromatic nitrogens is 1. The summed E-state index contributed by atoms with van der Waals surface area (Å²) in [5.41, 5.74) is 7.32. The number of aliphatic imine (C=N–C) groups is 1. The first kappa shape index (κ1) is 10.2. The molecule has 0 aliphatic rings. The lowest BCUT2D eigenvalue weighted by Crippen LogP contribution is -2.10. The Kier molecular flexibility index (Phi) is 2.82. The van der Waals surface area contributed by atoms with Gasteiger partial charge in [0, 0.05) is 11.8 Å². The van der Waals surface area contributed by atoms with Gasteiger partial charge in [-0.1, -0.05) is 0 Å². The number of H-pyrrole nitrogens is 1. The van der Waals surface area contributed by atoms with Gasteiger partial charge in [-0.2, -0.15) is 0 Å². The molecular weight excluding hydrogens is 202 g/mol. The lowest BCUT2D eigenvalue weighted by atomic mass is 10.2. The summed E-state index contributed by atoms with van der Waals surface area (Å²) in [7, 11) is 0. The molecule has 0 fully saturated rings. The van der Waals surface area contributed by atoms with Crippen molar-refractivity contribution in [3.8, 4) is 0 Å². The number of carbonyl (C=O) groups excluding carboxylic acids is 1. The van der Waals surface area contributed by atoms with E-state index >= 15 is 0 Å². The predicted octanol–water partition coefficient (Wildman–Crippen LogP) is 1.86. The van der Waals surface area contributed by atoms with Gasteiger partial charge in [-0.3, -0.25) is 9.79 Å². The maximum atomic E-state index is 10.8. The number of amides is 1. The lowest BCUT2D eigenvalue weighted by molar-refractivity contribution is 0.100. The molecule has 0 unspecified atom stereocenters. The Morgan fingerprint density at radius 3 is 2.56 bits per heavy atom. The van der Waals surface area contributed by atoms with E-state index in [1.807, 2.05) is 18.3 Å². The van der Waals surface area contributed by atoms with Gasteiger partial charge >= 0.3 is 0 Å². The molecule has 1 amide bonds. The van der Waals surface area contributed by atoms with Crippen LogP contribution in [-0.2, 0) is 0 Å². The molecule has 0 bridgehead atoms. The average Bonchev–Trinajstić information content (AvgIpc) is 2.80. The summed E-state index contributed by atoms with van der Waals surface area (Å²) in [6, 6.07) is 10.6. The van der Waals surface area contributed by atoms with Crippen molar-refractivity contribution in [2.75, 3.05) is 0 Å². The van der Waals surface area contributed by atoms with E-state index in [2.05, 4.69) is 9.98 Å². The quantitative estimate of drug-likeness (QED) is 0.750. The van der Waals surface area contributed by atoms with E-state index in [0.29, 0.717) is 5.56 Å². The first-order valence-electron chi connectivity index (χ1n) is 4.83. The fourth-order valence-corrected chi connectivity index (χ4v) is 1.28. The first-order valence-corrected chi connectivity index (χ1v) is 4.83. The summed E-state index contributed by atoms with van der Waals surface area (Å²) < 4.78 is 0. The van der Waals surface area contributed by atoms with Crippen molar-refractivity contribution >= 4 is 17.8 Å². The summed E-state index contributed by atoms with van der Waals surface area (Å²) in [5.74, 6) is -0.431. The molecule has 1 aromatic carbocycles. The fraction of sp³-hybridized carbons (Fsp3) is 0. The van der Waals surface area contributed by atoms with E-state index in [0.717, 1.165) is 11.4 Å². The van der Waals surface area contributed by atoms with Gasteiger partial charge in [-0.05, 0) is 36.4 Å². The topological polar surface area (TPSA) is 71.2 Å². The minimum absolute atomic E-state index is 0.431. The molecule has 2 aromatic rings. The van der Waals surface area contributed by atoms with E-state index in [1.54, 1.807) is 30.5 Å². The smallest absolute Gasteiger partial charge is 0.248 e. The summed E-state index contributed by atoms with van der Waals surface area (Å²) in [6.45, 7) is 0. The molecule has 4 heteroatoms. The maximum absolute atomic E-state index is 10.8. The molecule has 0 saturated heterocycles. The third-order valence-electron chi connectivity index (χ3n) is 2.13. The molecule has 16 heavy (non-hydrogen) atoms. The summed E-state index contributed by atoms with van der Waals surface area (Å²) in [5, 5.41) is 0. The number of benzene rings is 1. The van der Waals surface area contributed by atoms with Gasteiger partial charge in [0.1, 0.15) is 0 Å². The molecule has 2 rings (SSSR count). The average molecular weight is 213 g/mol. The third-order valence-corrected chi connectivity index (χ3v) is 2.13.